The van der Waals surface area contributed by atoms with Crippen molar-refractivity contribution in [2.45, 2.75) is 64.6 Å². The molecule has 39 heavy (non-hydrogen) atoms. The Bertz CT molecular complexity index is 1070. The van der Waals surface area contributed by atoms with Gasteiger partial charge in [-0.25, -0.2) is 10.3 Å². The van der Waals surface area contributed by atoms with Gasteiger partial charge < -0.3 is 28.4 Å². The van der Waals surface area contributed by atoms with Crippen molar-refractivity contribution < 1.29 is 38.4 Å². The minimum Gasteiger partial charge on any atom is -0.493 e. The topological polar surface area (TPSA) is 108 Å². The molecule has 1 fully saturated rings. The fourth-order valence-electron chi connectivity index (χ4n) is 4.82. The number of nitrogens with one attached hydrogen (secondary N) is 1. The van der Waals surface area contributed by atoms with Crippen LogP contribution >= 0.6 is 0 Å². The zero-order valence-electron chi connectivity index (χ0n) is 23.9. The number of carbonyl (C=O) groups excluding carboxylic acids is 1. The molecule has 1 heterocycles. The molecule has 0 spiro atoms. The average molecular weight is 547 g/mol. The highest BCUT2D eigenvalue weighted by Gasteiger charge is 2.32. The maximum atomic E-state index is 12.8. The van der Waals surface area contributed by atoms with E-state index in [-0.39, 0.29) is 12.2 Å². The van der Waals surface area contributed by atoms with Crippen molar-refractivity contribution in [2.24, 2.45) is 0 Å². The Morgan fingerprint density at radius 1 is 0.872 bits per heavy atom. The van der Waals surface area contributed by atoms with Gasteiger partial charge >= 0.3 is 6.03 Å². The summed E-state index contributed by atoms with van der Waals surface area (Å²) in [6.07, 6.45) is 4.57. The molecule has 0 aromatic heterocycles. The lowest BCUT2D eigenvalue weighted by molar-refractivity contribution is 0.0437. The zero-order chi connectivity index (χ0) is 28.4. The summed E-state index contributed by atoms with van der Waals surface area (Å²) in [5, 5.41) is 9.51. The molecule has 2 N–H and O–H groups in total. The number of nitrogens with zero attached hydrogens (tertiary/aromatic N) is 1. The second-order valence-corrected chi connectivity index (χ2v) is 9.34. The molecule has 3 rings (SSSR count). The molecule has 10 heteroatoms. The lowest BCUT2D eigenvalue weighted by Crippen LogP contribution is -2.39. The molecule has 2 aromatic carbocycles. The van der Waals surface area contributed by atoms with Crippen molar-refractivity contribution in [1.29, 1.82) is 0 Å². The van der Waals surface area contributed by atoms with E-state index in [1.165, 1.54) is 4.90 Å². The van der Waals surface area contributed by atoms with Gasteiger partial charge in [-0.05, 0) is 61.1 Å². The van der Waals surface area contributed by atoms with Crippen LogP contribution in [0.4, 0.5) is 10.5 Å². The number of amides is 2. The van der Waals surface area contributed by atoms with Gasteiger partial charge in [-0.1, -0.05) is 26.7 Å². The Kier molecular flexibility index (Phi) is 11.4. The van der Waals surface area contributed by atoms with Crippen LogP contribution in [-0.4, -0.2) is 52.8 Å². The number of hydrogen-bond acceptors (Lipinski definition) is 8. The number of hydroxylamine groups is 1. The molecule has 1 aliphatic heterocycles. The molecule has 1 saturated heterocycles. The highest BCUT2D eigenvalue weighted by molar-refractivity contribution is 5.93. The zero-order valence-corrected chi connectivity index (χ0v) is 23.9. The van der Waals surface area contributed by atoms with Gasteiger partial charge in [-0.2, -0.15) is 0 Å². The van der Waals surface area contributed by atoms with Crippen molar-refractivity contribution in [3.63, 3.8) is 0 Å². The Hall–Kier alpha value is -3.37. The molecule has 216 valence electrons. The quantitative estimate of drug-likeness (QED) is 0.164. The van der Waals surface area contributed by atoms with E-state index in [0.717, 1.165) is 49.7 Å². The van der Waals surface area contributed by atoms with Crippen molar-refractivity contribution in [1.82, 2.24) is 5.48 Å². The lowest BCUT2D eigenvalue weighted by atomic mass is 10.0. The number of urea groups is 1. The van der Waals surface area contributed by atoms with Gasteiger partial charge in [0, 0.05) is 6.54 Å². The third kappa shape index (κ3) is 6.99. The Labute approximate surface area is 231 Å². The van der Waals surface area contributed by atoms with E-state index in [1.807, 2.05) is 31.2 Å². The monoisotopic (exact) mass is 546 g/mol. The number of hydrogen-bond donors (Lipinski definition) is 2. The first-order valence-electron chi connectivity index (χ1n) is 13.5. The first kappa shape index (κ1) is 30.2. The van der Waals surface area contributed by atoms with Crippen LogP contribution in [0.1, 0.15) is 75.7 Å². The number of methoxy groups -OCH3 is 4. The maximum Gasteiger partial charge on any atom is 0.345 e. The highest BCUT2D eigenvalue weighted by atomic mass is 16.5. The van der Waals surface area contributed by atoms with E-state index in [9.17, 15) is 10.0 Å². The van der Waals surface area contributed by atoms with E-state index < -0.39 is 6.03 Å². The van der Waals surface area contributed by atoms with Crippen LogP contribution in [0.3, 0.4) is 0 Å². The Balaban J connectivity index is 1.99. The summed E-state index contributed by atoms with van der Waals surface area (Å²) < 4.78 is 34.8. The molecule has 2 unspecified atom stereocenters. The molecule has 0 aliphatic carbocycles. The number of anilines is 1. The van der Waals surface area contributed by atoms with Crippen LogP contribution < -0.4 is 34.1 Å². The summed E-state index contributed by atoms with van der Waals surface area (Å²) in [6.45, 7) is 4.97. The first-order chi connectivity index (χ1) is 19.0. The molecule has 10 nitrogen and oxygen atoms in total. The molecular weight excluding hydrogens is 504 g/mol. The lowest BCUT2D eigenvalue weighted by Gasteiger charge is -2.27. The van der Waals surface area contributed by atoms with Crippen LogP contribution in [0.5, 0.6) is 28.7 Å². The van der Waals surface area contributed by atoms with E-state index in [4.69, 9.17) is 28.4 Å². The first-order valence-corrected chi connectivity index (χ1v) is 13.5. The van der Waals surface area contributed by atoms with E-state index in [1.54, 1.807) is 33.9 Å². The summed E-state index contributed by atoms with van der Waals surface area (Å²) in [5.74, 6) is 2.63. The second kappa shape index (κ2) is 14.7. The van der Waals surface area contributed by atoms with Crippen LogP contribution in [0.2, 0.25) is 0 Å². The number of unbranched alkanes of at least 4 members (excludes halogenated alkanes) is 2. The Morgan fingerprint density at radius 2 is 1.44 bits per heavy atom. The second-order valence-electron chi connectivity index (χ2n) is 9.34. The van der Waals surface area contributed by atoms with Gasteiger partial charge in [0.1, 0.15) is 0 Å². The van der Waals surface area contributed by atoms with Crippen molar-refractivity contribution >= 4 is 11.7 Å². The maximum absolute atomic E-state index is 12.8. The standard InChI is InChI=1S/C29H42N2O8/c1-7-9-10-13-31(29(32)30-33)21-15-19(16-24(34-3)27(21)38-14-8-2)22-11-12-23(39-22)20-17-25(35-4)28(37-6)26(18-20)36-5/h15-18,22-23,33H,7-14H2,1-6H3,(H,30,32). The van der Waals surface area contributed by atoms with Gasteiger partial charge in [0.25, 0.3) is 0 Å². The molecule has 0 saturated carbocycles. The van der Waals surface area contributed by atoms with Gasteiger partial charge in [0.05, 0.1) is 52.9 Å². The number of rotatable bonds is 14. The SMILES string of the molecule is CCCCCN(C(=O)NO)c1cc(C2CCC(c3cc(OC)c(OC)c(OC)c3)O2)cc(OC)c1OCCC. The van der Waals surface area contributed by atoms with Crippen molar-refractivity contribution in [3.8, 4) is 28.7 Å². The fourth-order valence-corrected chi connectivity index (χ4v) is 4.82. The molecule has 1 aliphatic rings. The summed E-state index contributed by atoms with van der Waals surface area (Å²) in [7, 11) is 6.32. The normalized spacial score (nSPS) is 16.5. The van der Waals surface area contributed by atoms with E-state index in [2.05, 4.69) is 6.92 Å². The highest BCUT2D eigenvalue weighted by Crippen LogP contribution is 2.48. The number of benzene rings is 2. The van der Waals surface area contributed by atoms with Gasteiger partial charge in [0.2, 0.25) is 5.75 Å². The van der Waals surface area contributed by atoms with Gasteiger partial charge in [0.15, 0.2) is 23.0 Å². The van der Waals surface area contributed by atoms with Crippen LogP contribution in [0.25, 0.3) is 0 Å². The van der Waals surface area contributed by atoms with Gasteiger partial charge in [-0.15, -0.1) is 0 Å². The third-order valence-corrected chi connectivity index (χ3v) is 6.80. The Morgan fingerprint density at radius 3 is 1.92 bits per heavy atom. The average Bonchev–Trinajstić information content (AvgIpc) is 3.47. The summed E-state index contributed by atoms with van der Waals surface area (Å²) in [4.78, 5) is 14.3. The van der Waals surface area contributed by atoms with Crippen LogP contribution in [-0.2, 0) is 4.74 Å². The molecule has 0 radical (unpaired) electrons. The summed E-state index contributed by atoms with van der Waals surface area (Å²) >= 11 is 0. The number of carbonyl (C=O) groups is 1. The summed E-state index contributed by atoms with van der Waals surface area (Å²) in [6, 6.07) is 6.98. The minimum absolute atomic E-state index is 0.199. The van der Waals surface area contributed by atoms with Crippen LogP contribution in [0.15, 0.2) is 24.3 Å². The van der Waals surface area contributed by atoms with E-state index in [0.29, 0.717) is 47.6 Å². The van der Waals surface area contributed by atoms with Gasteiger partial charge in [-0.3, -0.25) is 10.1 Å². The molecule has 2 aromatic rings. The van der Waals surface area contributed by atoms with Crippen molar-refractivity contribution in [3.05, 3.63) is 35.4 Å². The molecular formula is C29H42N2O8. The molecule has 2 amide bonds. The van der Waals surface area contributed by atoms with Crippen molar-refractivity contribution in [2.75, 3.05) is 46.5 Å². The molecule has 2 atom stereocenters. The fraction of sp³-hybridized carbons (Fsp3) is 0.552. The van der Waals surface area contributed by atoms with E-state index >= 15 is 0 Å². The smallest absolute Gasteiger partial charge is 0.345 e. The third-order valence-electron chi connectivity index (χ3n) is 6.80. The molecule has 0 bridgehead atoms. The predicted octanol–water partition coefficient (Wildman–Crippen LogP) is 6.20. The minimum atomic E-state index is -0.630. The number of ether oxygens (including phenoxy) is 6. The van der Waals surface area contributed by atoms with Crippen LogP contribution in [0, 0.1) is 0 Å². The predicted molar refractivity (Wildman–Crippen MR) is 148 cm³/mol. The largest absolute Gasteiger partial charge is 0.493 e. The summed E-state index contributed by atoms with van der Waals surface area (Å²) in [5.41, 5.74) is 4.09.